The van der Waals surface area contributed by atoms with E-state index >= 15 is 0 Å². The molecule has 3 aromatic rings. The van der Waals surface area contributed by atoms with Gasteiger partial charge in [0.05, 0.1) is 28.9 Å². The van der Waals surface area contributed by atoms with E-state index in [4.69, 9.17) is 16.3 Å². The van der Waals surface area contributed by atoms with Gasteiger partial charge in [0.15, 0.2) is 5.82 Å². The number of benzene rings is 1. The van der Waals surface area contributed by atoms with Crippen molar-refractivity contribution < 1.29 is 13.2 Å². The smallest absolute Gasteiger partial charge is 0.229 e. The lowest BCUT2D eigenvalue weighted by Crippen LogP contribution is -2.41. The molecule has 1 aliphatic heterocycles. The van der Waals surface area contributed by atoms with Gasteiger partial charge in [0.1, 0.15) is 10.8 Å². The monoisotopic (exact) mass is 589 g/mol. The summed E-state index contributed by atoms with van der Waals surface area (Å²) in [6.07, 6.45) is 5.15. The van der Waals surface area contributed by atoms with E-state index in [0.29, 0.717) is 18.0 Å². The minimum Gasteiger partial charge on any atom is -0.489 e. The molecule has 12 heteroatoms. The Kier molecular flexibility index (Phi) is 8.96. The normalized spacial score (nSPS) is 19.7. The molecule has 3 N–H and O–H groups in total. The predicted octanol–water partition coefficient (Wildman–Crippen LogP) is 5.87. The molecule has 0 amide bonds. The average molecular weight is 590 g/mol. The van der Waals surface area contributed by atoms with Crippen molar-refractivity contribution in [3.05, 3.63) is 40.7 Å². The van der Waals surface area contributed by atoms with Crippen molar-refractivity contribution in [3.8, 4) is 5.75 Å². The highest BCUT2D eigenvalue weighted by molar-refractivity contribution is 7.92. The summed E-state index contributed by atoms with van der Waals surface area (Å²) >= 11 is 6.42. The zero-order chi connectivity index (χ0) is 29.4. The lowest BCUT2D eigenvalue weighted by atomic mass is 9.82. The minimum absolute atomic E-state index is 0.0303. The molecule has 218 valence electrons. The Hall–Kier alpha value is -2.89. The average Bonchev–Trinajstić information content (AvgIpc) is 3.22. The van der Waals surface area contributed by atoms with Gasteiger partial charge in [-0.2, -0.15) is 10.1 Å². The zero-order valence-electron chi connectivity index (χ0n) is 24.4. The van der Waals surface area contributed by atoms with Gasteiger partial charge in [-0.3, -0.25) is 4.68 Å². The van der Waals surface area contributed by atoms with Gasteiger partial charge in [-0.15, -0.1) is 0 Å². The van der Waals surface area contributed by atoms with Crippen LogP contribution < -0.4 is 20.7 Å². The maximum Gasteiger partial charge on any atom is 0.229 e. The second-order valence-corrected chi connectivity index (χ2v) is 14.1. The molecular formula is C28H40ClN7O3S. The number of anilines is 4. The number of hydrogen-bond donors (Lipinski definition) is 3. The maximum absolute atomic E-state index is 12.9. The predicted molar refractivity (Wildman–Crippen MR) is 160 cm³/mol. The van der Waals surface area contributed by atoms with E-state index in [9.17, 15) is 8.42 Å². The van der Waals surface area contributed by atoms with Gasteiger partial charge in [0, 0.05) is 25.3 Å². The Morgan fingerprint density at radius 2 is 1.77 bits per heavy atom. The lowest BCUT2D eigenvalue weighted by Gasteiger charge is -2.34. The first-order valence-corrected chi connectivity index (χ1v) is 15.6. The molecule has 0 spiro atoms. The van der Waals surface area contributed by atoms with Gasteiger partial charge in [-0.25, -0.2) is 13.4 Å². The van der Waals surface area contributed by atoms with Crippen LogP contribution in [0.25, 0.3) is 0 Å². The van der Waals surface area contributed by atoms with Gasteiger partial charge in [0.2, 0.25) is 20.8 Å². The van der Waals surface area contributed by atoms with Crippen LogP contribution in [0, 0.1) is 6.92 Å². The molecule has 10 nitrogen and oxygen atoms in total. The van der Waals surface area contributed by atoms with E-state index in [1.165, 1.54) is 16.4 Å². The number of aromatic nitrogens is 4. The molecular weight excluding hydrogens is 550 g/mol. The topological polar surface area (TPSA) is 123 Å². The third-order valence-corrected chi connectivity index (χ3v) is 9.30. The van der Waals surface area contributed by atoms with E-state index in [1.54, 1.807) is 27.1 Å². The molecule has 2 aromatic heterocycles. The Morgan fingerprint density at radius 3 is 2.40 bits per heavy atom. The van der Waals surface area contributed by atoms with E-state index in [-0.39, 0.29) is 33.6 Å². The Morgan fingerprint density at radius 1 is 1.10 bits per heavy atom. The standard InChI is InChI=1S/C28H40ClN7O3S/c1-15(2)39-25-12-21(20-10-18(6)31-19(7)11-20)17(5)9-23(25)33-28-30-13-22(29)26(34-28)32-24-14-36(8)35-27(24)40(37,38)16(3)4/h9,12-16,18-20,31H,10-11H2,1-8H3,(H2,30,32,33,34). The lowest BCUT2D eigenvalue weighted by molar-refractivity contribution is 0.243. The van der Waals surface area contributed by atoms with Gasteiger partial charge >= 0.3 is 0 Å². The van der Waals surface area contributed by atoms with Gasteiger partial charge in [-0.1, -0.05) is 11.6 Å². The number of nitrogens with one attached hydrogen (secondary N) is 3. The molecule has 0 radical (unpaired) electrons. The summed E-state index contributed by atoms with van der Waals surface area (Å²) in [5, 5.41) is 13.7. The highest BCUT2D eigenvalue weighted by Gasteiger charge is 2.28. The minimum atomic E-state index is -3.64. The molecule has 0 bridgehead atoms. The summed E-state index contributed by atoms with van der Waals surface area (Å²) in [5.74, 6) is 1.70. The fourth-order valence-electron chi connectivity index (χ4n) is 5.17. The SMILES string of the molecule is Cc1cc(Nc2ncc(Cl)c(Nc3cn(C)nc3S(=O)(=O)C(C)C)n2)c(OC(C)C)cc1C1CC(C)NC(C)C1. The molecule has 0 saturated carbocycles. The number of hydrogen-bond acceptors (Lipinski definition) is 9. The summed E-state index contributed by atoms with van der Waals surface area (Å²) < 4.78 is 33.4. The second kappa shape index (κ2) is 11.9. The molecule has 1 saturated heterocycles. The van der Waals surface area contributed by atoms with Crippen molar-refractivity contribution in [3.63, 3.8) is 0 Å². The first-order chi connectivity index (χ1) is 18.7. The van der Waals surface area contributed by atoms with Crippen molar-refractivity contribution in [2.24, 2.45) is 7.05 Å². The Balaban J connectivity index is 1.66. The largest absolute Gasteiger partial charge is 0.489 e. The van der Waals surface area contributed by atoms with E-state index in [2.05, 4.69) is 63.9 Å². The van der Waals surface area contributed by atoms with Crippen molar-refractivity contribution in [2.75, 3.05) is 10.6 Å². The molecule has 4 rings (SSSR count). The fourth-order valence-corrected chi connectivity index (χ4v) is 6.41. The Bertz CT molecular complexity index is 1460. The van der Waals surface area contributed by atoms with Crippen molar-refractivity contribution in [1.29, 1.82) is 0 Å². The number of piperidine rings is 1. The third-order valence-electron chi connectivity index (χ3n) is 6.94. The van der Waals surface area contributed by atoms with Crippen LogP contribution in [0.1, 0.15) is 71.4 Å². The highest BCUT2D eigenvalue weighted by Crippen LogP contribution is 2.39. The van der Waals surface area contributed by atoms with Crippen molar-refractivity contribution in [2.45, 2.75) is 95.7 Å². The molecule has 0 aliphatic carbocycles. The van der Waals surface area contributed by atoms with Crippen LogP contribution in [0.4, 0.5) is 23.1 Å². The van der Waals surface area contributed by atoms with E-state index < -0.39 is 15.1 Å². The van der Waals surface area contributed by atoms with Crippen LogP contribution in [-0.4, -0.2) is 51.6 Å². The van der Waals surface area contributed by atoms with Crippen LogP contribution in [-0.2, 0) is 16.9 Å². The summed E-state index contributed by atoms with van der Waals surface area (Å²) in [7, 11) is -1.98. The quantitative estimate of drug-likeness (QED) is 0.281. The van der Waals surface area contributed by atoms with E-state index in [1.807, 2.05) is 13.8 Å². The van der Waals surface area contributed by atoms with Gasteiger partial charge < -0.3 is 20.7 Å². The number of rotatable bonds is 9. The summed E-state index contributed by atoms with van der Waals surface area (Å²) in [6, 6.07) is 5.11. The maximum atomic E-state index is 12.9. The molecule has 40 heavy (non-hydrogen) atoms. The van der Waals surface area contributed by atoms with Crippen molar-refractivity contribution in [1.82, 2.24) is 25.1 Å². The van der Waals surface area contributed by atoms with Crippen LogP contribution in [0.3, 0.4) is 0 Å². The second-order valence-electron chi connectivity index (χ2n) is 11.3. The van der Waals surface area contributed by atoms with Crippen LogP contribution in [0.5, 0.6) is 5.75 Å². The summed E-state index contributed by atoms with van der Waals surface area (Å²) in [6.45, 7) is 13.8. The first kappa shape index (κ1) is 30.1. The molecule has 2 atom stereocenters. The number of halogens is 1. The molecule has 1 aliphatic rings. The highest BCUT2D eigenvalue weighted by atomic mass is 35.5. The molecule has 1 fully saturated rings. The summed E-state index contributed by atoms with van der Waals surface area (Å²) in [4.78, 5) is 8.93. The van der Waals surface area contributed by atoms with Crippen molar-refractivity contribution >= 4 is 44.6 Å². The van der Waals surface area contributed by atoms with E-state index in [0.717, 1.165) is 29.8 Å². The van der Waals surface area contributed by atoms with Crippen LogP contribution in [0.15, 0.2) is 29.6 Å². The number of aryl methyl sites for hydroxylation is 2. The molecule has 3 heterocycles. The third kappa shape index (κ3) is 6.70. The van der Waals surface area contributed by atoms with Gasteiger partial charge in [0.25, 0.3) is 0 Å². The van der Waals surface area contributed by atoms with Crippen LogP contribution in [0.2, 0.25) is 5.02 Å². The first-order valence-electron chi connectivity index (χ1n) is 13.7. The Labute approximate surface area is 242 Å². The zero-order valence-corrected chi connectivity index (χ0v) is 26.0. The number of ether oxygens (including phenoxy) is 1. The molecule has 2 unspecified atom stereocenters. The number of nitrogens with zero attached hydrogens (tertiary/aromatic N) is 4. The molecule has 1 aromatic carbocycles. The number of sulfone groups is 1. The van der Waals surface area contributed by atoms with Gasteiger partial charge in [-0.05, 0) is 90.5 Å². The summed E-state index contributed by atoms with van der Waals surface area (Å²) in [5.41, 5.74) is 3.48. The van der Waals surface area contributed by atoms with Crippen LogP contribution >= 0.6 is 11.6 Å². The fraction of sp³-hybridized carbons (Fsp3) is 0.536.